The van der Waals surface area contributed by atoms with Crippen molar-refractivity contribution in [2.75, 3.05) is 20.0 Å². The van der Waals surface area contributed by atoms with Crippen LogP contribution >= 0.6 is 11.6 Å². The first-order valence-electron chi connectivity index (χ1n) is 5.46. The van der Waals surface area contributed by atoms with E-state index in [0.717, 1.165) is 0 Å². The number of aromatic nitrogens is 1. The summed E-state index contributed by atoms with van der Waals surface area (Å²) in [5.74, 6) is 1.74. The number of methoxy groups -OCH3 is 2. The molecule has 0 aliphatic heterocycles. The number of benzene rings is 1. The highest BCUT2D eigenvalue weighted by atomic mass is 35.5. The van der Waals surface area contributed by atoms with Gasteiger partial charge in [0.25, 0.3) is 0 Å². The molecule has 2 aromatic rings. The third-order valence-electron chi connectivity index (χ3n) is 2.38. The molecule has 2 N–H and O–H groups in total. The van der Waals surface area contributed by atoms with Crippen LogP contribution in [0.3, 0.4) is 0 Å². The van der Waals surface area contributed by atoms with Crippen LogP contribution in [0.2, 0.25) is 5.15 Å². The molecule has 0 unspecified atom stereocenters. The number of nitrogen functional groups attached to an aromatic ring is 1. The first-order valence-corrected chi connectivity index (χ1v) is 5.83. The largest absolute Gasteiger partial charge is 0.493 e. The lowest BCUT2D eigenvalue weighted by molar-refractivity contribution is 0.342. The molecule has 0 saturated heterocycles. The van der Waals surface area contributed by atoms with Crippen LogP contribution in [0, 0.1) is 0 Å². The Morgan fingerprint density at radius 3 is 2.26 bits per heavy atom. The molecule has 0 saturated carbocycles. The van der Waals surface area contributed by atoms with E-state index in [1.165, 1.54) is 6.07 Å². The van der Waals surface area contributed by atoms with Gasteiger partial charge in [-0.15, -0.1) is 0 Å². The van der Waals surface area contributed by atoms with Crippen LogP contribution < -0.4 is 19.9 Å². The Kier molecular flexibility index (Phi) is 3.97. The van der Waals surface area contributed by atoms with Crippen molar-refractivity contribution in [3.8, 4) is 23.1 Å². The number of ether oxygens (including phenoxy) is 3. The lowest BCUT2D eigenvalue weighted by atomic mass is 10.3. The van der Waals surface area contributed by atoms with Crippen molar-refractivity contribution in [2.45, 2.75) is 0 Å². The Morgan fingerprint density at radius 1 is 1.11 bits per heavy atom. The van der Waals surface area contributed by atoms with E-state index in [2.05, 4.69) is 4.98 Å². The maximum atomic E-state index is 5.83. The lowest BCUT2D eigenvalue weighted by Gasteiger charge is -2.13. The van der Waals surface area contributed by atoms with E-state index in [0.29, 0.717) is 22.9 Å². The average molecular weight is 281 g/mol. The summed E-state index contributed by atoms with van der Waals surface area (Å²) in [5, 5.41) is 0.254. The first kappa shape index (κ1) is 13.3. The van der Waals surface area contributed by atoms with Crippen molar-refractivity contribution in [1.29, 1.82) is 0 Å². The zero-order valence-electron chi connectivity index (χ0n) is 10.5. The quantitative estimate of drug-likeness (QED) is 0.872. The SMILES string of the molecule is COc1cccc(OC)c1Oc1cc(N)cc(Cl)n1. The molecule has 0 aliphatic rings. The van der Waals surface area contributed by atoms with Gasteiger partial charge in [0.1, 0.15) is 5.15 Å². The van der Waals surface area contributed by atoms with Crippen molar-refractivity contribution in [3.05, 3.63) is 35.5 Å². The maximum absolute atomic E-state index is 5.83. The average Bonchev–Trinajstić information content (AvgIpc) is 2.37. The molecule has 19 heavy (non-hydrogen) atoms. The van der Waals surface area contributed by atoms with Crippen LogP contribution in [-0.2, 0) is 0 Å². The molecule has 0 spiro atoms. The van der Waals surface area contributed by atoms with Crippen molar-refractivity contribution in [2.24, 2.45) is 0 Å². The highest BCUT2D eigenvalue weighted by Gasteiger charge is 2.13. The van der Waals surface area contributed by atoms with Gasteiger partial charge in [0.2, 0.25) is 11.6 Å². The summed E-state index contributed by atoms with van der Waals surface area (Å²) in [5.41, 5.74) is 6.15. The molecular weight excluding hydrogens is 268 g/mol. The van der Waals surface area contributed by atoms with Gasteiger partial charge in [-0.05, 0) is 18.2 Å². The smallest absolute Gasteiger partial charge is 0.223 e. The monoisotopic (exact) mass is 280 g/mol. The van der Waals surface area contributed by atoms with E-state index >= 15 is 0 Å². The molecule has 0 fully saturated rings. The summed E-state index contributed by atoms with van der Waals surface area (Å²) >= 11 is 5.83. The molecule has 1 aromatic carbocycles. The number of para-hydroxylation sites is 1. The number of hydrogen-bond acceptors (Lipinski definition) is 5. The number of nitrogens with zero attached hydrogens (tertiary/aromatic N) is 1. The normalized spacial score (nSPS) is 10.1. The van der Waals surface area contributed by atoms with E-state index in [9.17, 15) is 0 Å². The van der Waals surface area contributed by atoms with Crippen LogP contribution in [-0.4, -0.2) is 19.2 Å². The second kappa shape index (κ2) is 5.67. The van der Waals surface area contributed by atoms with E-state index in [-0.39, 0.29) is 11.0 Å². The molecule has 0 radical (unpaired) electrons. The first-order chi connectivity index (χ1) is 9.13. The highest BCUT2D eigenvalue weighted by Crippen LogP contribution is 2.39. The third-order valence-corrected chi connectivity index (χ3v) is 2.58. The summed E-state index contributed by atoms with van der Waals surface area (Å²) < 4.78 is 16.1. The molecule has 0 atom stereocenters. The van der Waals surface area contributed by atoms with Crippen molar-refractivity contribution >= 4 is 17.3 Å². The second-order valence-electron chi connectivity index (χ2n) is 3.66. The standard InChI is InChI=1S/C13H13ClN2O3/c1-17-9-4-3-5-10(18-2)13(9)19-12-7-8(15)6-11(14)16-12/h3-7H,1-2H3,(H2,15,16). The second-order valence-corrected chi connectivity index (χ2v) is 4.04. The van der Waals surface area contributed by atoms with Gasteiger partial charge < -0.3 is 19.9 Å². The van der Waals surface area contributed by atoms with Gasteiger partial charge in [-0.25, -0.2) is 4.98 Å². The summed E-state index contributed by atoms with van der Waals surface area (Å²) in [4.78, 5) is 4.03. The fourth-order valence-electron chi connectivity index (χ4n) is 1.57. The molecule has 1 aromatic heterocycles. The number of halogens is 1. The van der Waals surface area contributed by atoms with Gasteiger partial charge in [-0.3, -0.25) is 0 Å². The molecule has 0 bridgehead atoms. The van der Waals surface area contributed by atoms with Gasteiger partial charge in [0.15, 0.2) is 11.5 Å². The van der Waals surface area contributed by atoms with E-state index in [1.807, 2.05) is 0 Å². The van der Waals surface area contributed by atoms with Gasteiger partial charge in [-0.2, -0.15) is 0 Å². The molecular formula is C13H13ClN2O3. The molecule has 6 heteroatoms. The Morgan fingerprint density at radius 2 is 1.74 bits per heavy atom. The highest BCUT2D eigenvalue weighted by molar-refractivity contribution is 6.29. The van der Waals surface area contributed by atoms with Crippen molar-refractivity contribution < 1.29 is 14.2 Å². The van der Waals surface area contributed by atoms with Gasteiger partial charge >= 0.3 is 0 Å². The van der Waals surface area contributed by atoms with Gasteiger partial charge in [0.05, 0.1) is 14.2 Å². The predicted octanol–water partition coefficient (Wildman–Crippen LogP) is 3.13. The Balaban J connectivity index is 2.41. The fourth-order valence-corrected chi connectivity index (χ4v) is 1.78. The molecule has 0 amide bonds. The van der Waals surface area contributed by atoms with E-state index in [4.69, 9.17) is 31.5 Å². The van der Waals surface area contributed by atoms with Gasteiger partial charge in [-0.1, -0.05) is 17.7 Å². The summed E-state index contributed by atoms with van der Waals surface area (Å²) in [6.07, 6.45) is 0. The summed E-state index contributed by atoms with van der Waals surface area (Å²) in [6.45, 7) is 0. The van der Waals surface area contributed by atoms with Crippen molar-refractivity contribution in [3.63, 3.8) is 0 Å². The van der Waals surface area contributed by atoms with E-state index < -0.39 is 0 Å². The minimum absolute atomic E-state index is 0.254. The number of hydrogen-bond donors (Lipinski definition) is 1. The Hall–Kier alpha value is -2.14. The number of rotatable bonds is 4. The topological polar surface area (TPSA) is 66.6 Å². The number of pyridine rings is 1. The maximum Gasteiger partial charge on any atom is 0.223 e. The molecule has 1 heterocycles. The van der Waals surface area contributed by atoms with Gasteiger partial charge in [0, 0.05) is 11.8 Å². The minimum atomic E-state index is 0.254. The number of nitrogens with two attached hydrogens (primary N) is 1. The van der Waals surface area contributed by atoms with Crippen LogP contribution in [0.1, 0.15) is 0 Å². The molecule has 5 nitrogen and oxygen atoms in total. The zero-order valence-corrected chi connectivity index (χ0v) is 11.3. The van der Waals surface area contributed by atoms with Crippen LogP contribution in [0.25, 0.3) is 0 Å². The summed E-state index contributed by atoms with van der Waals surface area (Å²) in [6, 6.07) is 8.41. The Labute approximate surface area is 115 Å². The lowest BCUT2D eigenvalue weighted by Crippen LogP contribution is -1.96. The summed E-state index contributed by atoms with van der Waals surface area (Å²) in [7, 11) is 3.09. The molecule has 0 aliphatic carbocycles. The van der Waals surface area contributed by atoms with Crippen LogP contribution in [0.5, 0.6) is 23.1 Å². The van der Waals surface area contributed by atoms with Crippen LogP contribution in [0.15, 0.2) is 30.3 Å². The number of anilines is 1. The Bertz CT molecular complexity index is 548. The van der Waals surface area contributed by atoms with E-state index in [1.54, 1.807) is 38.5 Å². The van der Waals surface area contributed by atoms with Crippen LogP contribution in [0.4, 0.5) is 5.69 Å². The third kappa shape index (κ3) is 3.00. The molecule has 2 rings (SSSR count). The fraction of sp³-hybridized carbons (Fsp3) is 0.154. The molecule has 100 valence electrons. The zero-order chi connectivity index (χ0) is 13.8. The van der Waals surface area contributed by atoms with Crippen molar-refractivity contribution in [1.82, 2.24) is 4.98 Å². The predicted molar refractivity (Wildman–Crippen MR) is 73.3 cm³/mol. The minimum Gasteiger partial charge on any atom is -0.493 e.